The number of hydrogen-bond donors (Lipinski definition) is 8. The van der Waals surface area contributed by atoms with Crippen LogP contribution in [-0.2, 0) is 25.7 Å². The summed E-state index contributed by atoms with van der Waals surface area (Å²) in [5.74, 6) is -1.92. The number of carbonyl (C=O) groups is 4. The highest BCUT2D eigenvalue weighted by atomic mass is 16.2. The predicted octanol–water partition coefficient (Wildman–Crippen LogP) is -2.28. The van der Waals surface area contributed by atoms with E-state index in [4.69, 9.17) is 28.7 Å². The molecule has 4 atom stereocenters. The molecule has 0 spiro atoms. The molecule has 1 saturated heterocycles. The van der Waals surface area contributed by atoms with Crippen molar-refractivity contribution in [2.75, 3.05) is 19.6 Å². The maximum absolute atomic E-state index is 13.5. The van der Waals surface area contributed by atoms with E-state index < -0.39 is 41.9 Å². The smallest absolute Gasteiger partial charge is 0.243 e. The summed E-state index contributed by atoms with van der Waals surface area (Å²) >= 11 is 0. The topological polar surface area (TPSA) is 262 Å². The second-order valence-electron chi connectivity index (χ2n) is 10.2. The highest BCUT2D eigenvalue weighted by Crippen LogP contribution is 2.19. The third-order valence-electron chi connectivity index (χ3n) is 6.69. The first-order valence-corrected chi connectivity index (χ1v) is 14.1. The number of amides is 4. The molecule has 42 heavy (non-hydrogen) atoms. The van der Waals surface area contributed by atoms with Gasteiger partial charge in [0.2, 0.25) is 23.6 Å². The Balaban J connectivity index is 2.17. The zero-order chi connectivity index (χ0) is 31.1. The monoisotopic (exact) mass is 587 g/mol. The quantitative estimate of drug-likeness (QED) is 0.0587. The van der Waals surface area contributed by atoms with Gasteiger partial charge in [-0.05, 0) is 51.0 Å². The van der Waals surface area contributed by atoms with Gasteiger partial charge in [0.25, 0.3) is 0 Å². The zero-order valence-corrected chi connectivity index (χ0v) is 24.1. The molecule has 1 aromatic rings. The lowest BCUT2D eigenvalue weighted by atomic mass is 10.1. The third-order valence-corrected chi connectivity index (χ3v) is 6.69. The van der Waals surface area contributed by atoms with Gasteiger partial charge in [0.15, 0.2) is 11.9 Å². The van der Waals surface area contributed by atoms with Crippen LogP contribution >= 0.6 is 0 Å². The fraction of sp³-hybridized carbons (Fsp3) is 0.556. The first-order valence-electron chi connectivity index (χ1n) is 14.1. The molecule has 0 radical (unpaired) electrons. The molecule has 1 aromatic carbocycles. The molecule has 0 aliphatic carbocycles. The summed E-state index contributed by atoms with van der Waals surface area (Å²) in [4.78, 5) is 61.8. The van der Waals surface area contributed by atoms with Gasteiger partial charge in [-0.15, -0.1) is 0 Å². The van der Waals surface area contributed by atoms with Crippen molar-refractivity contribution in [3.05, 3.63) is 35.9 Å². The minimum atomic E-state index is -1.01. The van der Waals surface area contributed by atoms with Crippen LogP contribution in [0.25, 0.3) is 0 Å². The minimum Gasteiger partial charge on any atom is -0.370 e. The van der Waals surface area contributed by atoms with Gasteiger partial charge in [-0.2, -0.15) is 0 Å². The number of aliphatic imine (C=N–C) groups is 2. The second-order valence-corrected chi connectivity index (χ2v) is 10.2. The van der Waals surface area contributed by atoms with Crippen LogP contribution in [0.1, 0.15) is 51.0 Å². The molecule has 1 heterocycles. The Morgan fingerprint density at radius 2 is 1.48 bits per heavy atom. The van der Waals surface area contributed by atoms with Crippen LogP contribution in [0.3, 0.4) is 0 Å². The van der Waals surface area contributed by atoms with Gasteiger partial charge < -0.3 is 49.5 Å². The Hall–Kier alpha value is -4.40. The molecular weight excluding hydrogens is 542 g/mol. The van der Waals surface area contributed by atoms with Crippen LogP contribution in [0.2, 0.25) is 0 Å². The Kier molecular flexibility index (Phi) is 14.0. The normalized spacial score (nSPS) is 16.4. The third kappa shape index (κ3) is 11.6. The minimum absolute atomic E-state index is 0.0730. The van der Waals surface area contributed by atoms with E-state index in [1.807, 2.05) is 30.3 Å². The number of benzene rings is 1. The Morgan fingerprint density at radius 3 is 2.02 bits per heavy atom. The van der Waals surface area contributed by atoms with Crippen LogP contribution < -0.4 is 44.6 Å². The van der Waals surface area contributed by atoms with Crippen molar-refractivity contribution in [1.82, 2.24) is 20.9 Å². The lowest BCUT2D eigenvalue weighted by molar-refractivity contribution is -0.140. The zero-order valence-electron chi connectivity index (χ0n) is 24.1. The van der Waals surface area contributed by atoms with E-state index in [0.29, 0.717) is 32.2 Å². The fourth-order valence-electron chi connectivity index (χ4n) is 4.56. The van der Waals surface area contributed by atoms with E-state index in [0.717, 1.165) is 5.56 Å². The van der Waals surface area contributed by atoms with Crippen molar-refractivity contribution in [2.45, 2.75) is 76.2 Å². The van der Waals surface area contributed by atoms with E-state index in [1.165, 1.54) is 4.90 Å². The molecule has 13 N–H and O–H groups in total. The molecule has 0 saturated carbocycles. The molecule has 1 aliphatic heterocycles. The van der Waals surface area contributed by atoms with Crippen molar-refractivity contribution >= 4 is 35.5 Å². The molecule has 4 amide bonds. The van der Waals surface area contributed by atoms with E-state index in [-0.39, 0.29) is 50.3 Å². The first-order chi connectivity index (χ1) is 20.0. The largest absolute Gasteiger partial charge is 0.370 e. The van der Waals surface area contributed by atoms with Gasteiger partial charge in [0.05, 0.1) is 6.04 Å². The predicted molar refractivity (Wildman–Crippen MR) is 160 cm³/mol. The van der Waals surface area contributed by atoms with E-state index in [2.05, 4.69) is 25.9 Å². The molecular formula is C27H45N11O4. The van der Waals surface area contributed by atoms with Gasteiger partial charge in [-0.1, -0.05) is 30.3 Å². The number of guanidine groups is 2. The van der Waals surface area contributed by atoms with Gasteiger partial charge in [-0.25, -0.2) is 0 Å². The summed E-state index contributed by atoms with van der Waals surface area (Å²) in [6.45, 7) is 2.74. The average molecular weight is 588 g/mol. The standard InChI is InChI=1S/C27H45N11O4/c1-17(28)25(42)38-15-7-12-21(38)24(41)37-20(11-6-14-34-27(31)32)23(40)36-19(10-5-13-33-26(29)30)22(39)35-16-18-8-3-2-4-9-18/h2-4,8-9,17,19-21H,5-7,10-16,28H2,1H3,(H,35,39)(H,36,40)(H,37,41)(H4,29,30,33)(H4,31,32,34)/t17-,19-,20-,21-/m0/s1. The van der Waals surface area contributed by atoms with Gasteiger partial charge in [0, 0.05) is 26.2 Å². The summed E-state index contributed by atoms with van der Waals surface area (Å²) in [5.41, 5.74) is 28.3. The van der Waals surface area contributed by atoms with Crippen molar-refractivity contribution in [3.63, 3.8) is 0 Å². The van der Waals surface area contributed by atoms with Crippen molar-refractivity contribution in [2.24, 2.45) is 38.7 Å². The van der Waals surface area contributed by atoms with Crippen molar-refractivity contribution < 1.29 is 19.2 Å². The van der Waals surface area contributed by atoms with Crippen LogP contribution in [0.15, 0.2) is 40.3 Å². The van der Waals surface area contributed by atoms with Crippen LogP contribution in [-0.4, -0.2) is 84.2 Å². The van der Waals surface area contributed by atoms with Crippen molar-refractivity contribution in [1.29, 1.82) is 0 Å². The number of carbonyl (C=O) groups excluding carboxylic acids is 4. The number of nitrogens with two attached hydrogens (primary N) is 5. The van der Waals surface area contributed by atoms with Crippen molar-refractivity contribution in [3.8, 4) is 0 Å². The van der Waals surface area contributed by atoms with Gasteiger partial charge >= 0.3 is 0 Å². The SMILES string of the molecule is C[C@H](N)C(=O)N1CCC[C@H]1C(=O)N[C@@H](CCCN=C(N)N)C(=O)N[C@@H](CCCN=C(N)N)C(=O)NCc1ccccc1. The first kappa shape index (κ1) is 33.8. The number of nitrogens with zero attached hydrogens (tertiary/aromatic N) is 3. The molecule has 15 nitrogen and oxygen atoms in total. The Bertz CT molecular complexity index is 1100. The Morgan fingerprint density at radius 1 is 0.905 bits per heavy atom. The molecule has 1 fully saturated rings. The molecule has 15 heteroatoms. The lowest BCUT2D eigenvalue weighted by Gasteiger charge is -2.28. The number of rotatable bonds is 16. The number of hydrogen-bond acceptors (Lipinski definition) is 7. The summed E-state index contributed by atoms with van der Waals surface area (Å²) in [6, 6.07) is 5.90. The molecule has 232 valence electrons. The van der Waals surface area contributed by atoms with Gasteiger partial charge in [-0.3, -0.25) is 29.2 Å². The molecule has 0 unspecified atom stereocenters. The fourth-order valence-corrected chi connectivity index (χ4v) is 4.56. The summed E-state index contributed by atoms with van der Waals surface area (Å²) in [5, 5.41) is 8.39. The second kappa shape index (κ2) is 17.4. The van der Waals surface area contributed by atoms with E-state index in [9.17, 15) is 19.2 Å². The van der Waals surface area contributed by atoms with Crippen LogP contribution in [0.5, 0.6) is 0 Å². The summed E-state index contributed by atoms with van der Waals surface area (Å²) in [6.07, 6.45) is 2.31. The van der Waals surface area contributed by atoms with Gasteiger partial charge in [0.1, 0.15) is 18.1 Å². The highest BCUT2D eigenvalue weighted by Gasteiger charge is 2.37. The lowest BCUT2D eigenvalue weighted by Crippen LogP contribution is -2.57. The van der Waals surface area contributed by atoms with E-state index >= 15 is 0 Å². The number of nitrogens with one attached hydrogen (secondary N) is 3. The summed E-state index contributed by atoms with van der Waals surface area (Å²) < 4.78 is 0. The maximum Gasteiger partial charge on any atom is 0.243 e. The average Bonchev–Trinajstić information content (AvgIpc) is 3.44. The van der Waals surface area contributed by atoms with E-state index in [1.54, 1.807) is 6.92 Å². The Labute approximate surface area is 246 Å². The maximum atomic E-state index is 13.5. The molecule has 1 aliphatic rings. The van der Waals surface area contributed by atoms with Crippen LogP contribution in [0.4, 0.5) is 0 Å². The molecule has 0 aromatic heterocycles. The molecule has 0 bridgehead atoms. The van der Waals surface area contributed by atoms with Crippen LogP contribution in [0, 0.1) is 0 Å². The highest BCUT2D eigenvalue weighted by molar-refractivity contribution is 5.95. The summed E-state index contributed by atoms with van der Waals surface area (Å²) in [7, 11) is 0. The molecule has 2 rings (SSSR count). The number of likely N-dealkylation sites (tertiary alicyclic amines) is 1.